The van der Waals surface area contributed by atoms with E-state index in [1.165, 1.54) is 21.6 Å². The third-order valence-electron chi connectivity index (χ3n) is 3.30. The van der Waals surface area contributed by atoms with Gasteiger partial charge in [-0.25, -0.2) is 0 Å². The Morgan fingerprint density at radius 2 is 1.67 bits per heavy atom. The number of nitrogens with one attached hydrogen (secondary N) is 1. The van der Waals surface area contributed by atoms with Gasteiger partial charge in [0.15, 0.2) is 0 Å². The van der Waals surface area contributed by atoms with Crippen molar-refractivity contribution in [3.63, 3.8) is 0 Å². The van der Waals surface area contributed by atoms with Crippen LogP contribution in [0.3, 0.4) is 0 Å². The summed E-state index contributed by atoms with van der Waals surface area (Å²) in [5, 5.41) is 2.96. The lowest BCUT2D eigenvalue weighted by Crippen LogP contribution is -2.24. The van der Waals surface area contributed by atoms with Gasteiger partial charge in [0, 0.05) is 11.4 Å². The molecule has 0 aliphatic carbocycles. The van der Waals surface area contributed by atoms with Crippen molar-refractivity contribution in [1.29, 1.82) is 0 Å². The van der Waals surface area contributed by atoms with E-state index >= 15 is 0 Å². The lowest BCUT2D eigenvalue weighted by molar-refractivity contribution is -0.118. The Bertz CT molecular complexity index is 620. The average molecular weight is 299 g/mol. The Morgan fingerprint density at radius 3 is 2.33 bits per heavy atom. The Labute approximate surface area is 131 Å². The van der Waals surface area contributed by atoms with Gasteiger partial charge in [0.2, 0.25) is 5.91 Å². The smallest absolute Gasteiger partial charge is 0.230 e. The van der Waals surface area contributed by atoms with Gasteiger partial charge in [-0.3, -0.25) is 4.79 Å². The number of carbonyl (C=O) groups is 1. The Hall–Kier alpha value is -1.74. The molecule has 0 aromatic heterocycles. The van der Waals surface area contributed by atoms with Crippen molar-refractivity contribution < 1.29 is 4.79 Å². The molecule has 0 heterocycles. The van der Waals surface area contributed by atoms with Crippen LogP contribution in [0.1, 0.15) is 22.3 Å². The molecule has 0 saturated carbocycles. The molecule has 21 heavy (non-hydrogen) atoms. The fourth-order valence-corrected chi connectivity index (χ4v) is 2.90. The number of hydrogen-bond acceptors (Lipinski definition) is 2. The van der Waals surface area contributed by atoms with Crippen molar-refractivity contribution in [2.45, 2.75) is 32.2 Å². The fourth-order valence-electron chi connectivity index (χ4n) is 2.06. The highest BCUT2D eigenvalue weighted by atomic mass is 32.2. The molecular formula is C18H21NOS. The van der Waals surface area contributed by atoms with Crippen molar-refractivity contribution >= 4 is 17.7 Å². The Kier molecular flexibility index (Phi) is 5.45. The summed E-state index contributed by atoms with van der Waals surface area (Å²) in [4.78, 5) is 13.1. The zero-order valence-electron chi connectivity index (χ0n) is 12.8. The maximum Gasteiger partial charge on any atom is 0.230 e. The minimum absolute atomic E-state index is 0.0700. The van der Waals surface area contributed by atoms with Crippen LogP contribution in [0.2, 0.25) is 0 Å². The van der Waals surface area contributed by atoms with Crippen LogP contribution in [-0.4, -0.2) is 11.7 Å². The summed E-state index contributed by atoms with van der Waals surface area (Å²) >= 11 is 1.59. The zero-order chi connectivity index (χ0) is 15.2. The van der Waals surface area contributed by atoms with E-state index in [0.717, 1.165) is 5.56 Å². The fraction of sp³-hybridized carbons (Fsp3) is 0.278. The van der Waals surface area contributed by atoms with Crippen molar-refractivity contribution in [2.75, 3.05) is 5.75 Å². The average Bonchev–Trinajstić information content (AvgIpc) is 2.46. The highest BCUT2D eigenvalue weighted by molar-refractivity contribution is 8.00. The molecule has 2 aromatic rings. The van der Waals surface area contributed by atoms with Crippen LogP contribution < -0.4 is 5.32 Å². The van der Waals surface area contributed by atoms with Crippen LogP contribution in [0.25, 0.3) is 0 Å². The molecule has 0 aliphatic rings. The van der Waals surface area contributed by atoms with E-state index in [9.17, 15) is 4.79 Å². The van der Waals surface area contributed by atoms with Crippen molar-refractivity contribution in [2.24, 2.45) is 0 Å². The Balaban J connectivity index is 1.80. The molecule has 2 aromatic carbocycles. The molecule has 0 bridgehead atoms. The molecule has 2 nitrogen and oxygen atoms in total. The van der Waals surface area contributed by atoms with Crippen molar-refractivity contribution in [3.8, 4) is 0 Å². The molecule has 0 spiro atoms. The molecule has 0 fully saturated rings. The summed E-state index contributed by atoms with van der Waals surface area (Å²) in [5.74, 6) is 0.524. The molecule has 1 N–H and O–H groups in total. The van der Waals surface area contributed by atoms with Crippen LogP contribution >= 0.6 is 11.8 Å². The quantitative estimate of drug-likeness (QED) is 0.845. The first-order valence-electron chi connectivity index (χ1n) is 7.07. The second-order valence-corrected chi connectivity index (χ2v) is 6.34. The van der Waals surface area contributed by atoms with E-state index in [0.29, 0.717) is 12.3 Å². The second-order valence-electron chi connectivity index (χ2n) is 5.32. The molecule has 2 rings (SSSR count). The third kappa shape index (κ3) is 4.94. The van der Waals surface area contributed by atoms with E-state index in [-0.39, 0.29) is 5.91 Å². The lowest BCUT2D eigenvalue weighted by atomic mass is 10.1. The Morgan fingerprint density at radius 1 is 1.00 bits per heavy atom. The van der Waals surface area contributed by atoms with Gasteiger partial charge in [-0.15, -0.1) is 11.8 Å². The summed E-state index contributed by atoms with van der Waals surface area (Å²) in [6.45, 7) is 6.81. The first kappa shape index (κ1) is 15.6. The van der Waals surface area contributed by atoms with Gasteiger partial charge < -0.3 is 5.32 Å². The zero-order valence-corrected chi connectivity index (χ0v) is 13.6. The minimum Gasteiger partial charge on any atom is -0.351 e. The summed E-state index contributed by atoms with van der Waals surface area (Å²) in [6, 6.07) is 14.5. The van der Waals surface area contributed by atoms with Crippen LogP contribution in [0.15, 0.2) is 47.4 Å². The van der Waals surface area contributed by atoms with Gasteiger partial charge in [-0.05, 0) is 38.0 Å². The van der Waals surface area contributed by atoms with Gasteiger partial charge in [-0.1, -0.05) is 47.5 Å². The SMILES string of the molecule is Cc1ccc(CNC(=O)CSc2ccc(C)cc2C)cc1. The highest BCUT2D eigenvalue weighted by Gasteiger charge is 2.05. The van der Waals surface area contributed by atoms with Crippen LogP contribution in [-0.2, 0) is 11.3 Å². The summed E-state index contributed by atoms with van der Waals surface area (Å²) in [6.07, 6.45) is 0. The van der Waals surface area contributed by atoms with E-state index in [4.69, 9.17) is 0 Å². The number of benzene rings is 2. The van der Waals surface area contributed by atoms with Gasteiger partial charge in [-0.2, -0.15) is 0 Å². The van der Waals surface area contributed by atoms with Crippen LogP contribution in [0, 0.1) is 20.8 Å². The monoisotopic (exact) mass is 299 g/mol. The largest absolute Gasteiger partial charge is 0.351 e. The standard InChI is InChI=1S/C18H21NOS/c1-13-4-7-16(8-5-13)11-19-18(20)12-21-17-9-6-14(2)10-15(17)3/h4-10H,11-12H2,1-3H3,(H,19,20). The number of thioether (sulfide) groups is 1. The first-order valence-corrected chi connectivity index (χ1v) is 8.05. The normalized spacial score (nSPS) is 10.4. The number of amides is 1. The van der Waals surface area contributed by atoms with Gasteiger partial charge >= 0.3 is 0 Å². The van der Waals surface area contributed by atoms with E-state index in [1.807, 2.05) is 12.1 Å². The number of rotatable bonds is 5. The molecule has 0 aliphatic heterocycles. The maximum absolute atomic E-state index is 11.9. The van der Waals surface area contributed by atoms with Crippen molar-refractivity contribution in [1.82, 2.24) is 5.32 Å². The lowest BCUT2D eigenvalue weighted by Gasteiger charge is -2.08. The predicted molar refractivity (Wildman–Crippen MR) is 89.7 cm³/mol. The summed E-state index contributed by atoms with van der Waals surface area (Å²) in [5.41, 5.74) is 4.84. The highest BCUT2D eigenvalue weighted by Crippen LogP contribution is 2.22. The molecular weight excluding hydrogens is 278 g/mol. The maximum atomic E-state index is 11.9. The summed E-state index contributed by atoms with van der Waals surface area (Å²) in [7, 11) is 0. The van der Waals surface area contributed by atoms with Crippen LogP contribution in [0.5, 0.6) is 0 Å². The number of aryl methyl sites for hydroxylation is 3. The molecule has 1 amide bonds. The van der Waals surface area contributed by atoms with E-state index in [2.05, 4.69) is 56.4 Å². The molecule has 110 valence electrons. The van der Waals surface area contributed by atoms with Gasteiger partial charge in [0.25, 0.3) is 0 Å². The number of hydrogen-bond donors (Lipinski definition) is 1. The second kappa shape index (κ2) is 7.32. The number of carbonyl (C=O) groups excluding carboxylic acids is 1. The van der Waals surface area contributed by atoms with Crippen LogP contribution in [0.4, 0.5) is 0 Å². The predicted octanol–water partition coefficient (Wildman–Crippen LogP) is 4.02. The third-order valence-corrected chi connectivity index (χ3v) is 4.48. The van der Waals surface area contributed by atoms with E-state index in [1.54, 1.807) is 11.8 Å². The molecule has 3 heteroatoms. The summed E-state index contributed by atoms with van der Waals surface area (Å²) < 4.78 is 0. The molecule has 0 saturated heterocycles. The topological polar surface area (TPSA) is 29.1 Å². The minimum atomic E-state index is 0.0700. The van der Waals surface area contributed by atoms with Gasteiger partial charge in [0.05, 0.1) is 5.75 Å². The molecule has 0 atom stereocenters. The first-order chi connectivity index (χ1) is 10.0. The van der Waals surface area contributed by atoms with Gasteiger partial charge in [0.1, 0.15) is 0 Å². The molecule has 0 radical (unpaired) electrons. The van der Waals surface area contributed by atoms with E-state index < -0.39 is 0 Å². The van der Waals surface area contributed by atoms with Crippen molar-refractivity contribution in [3.05, 3.63) is 64.7 Å². The molecule has 0 unspecified atom stereocenters.